The first-order valence-electron chi connectivity index (χ1n) is 11.1. The Morgan fingerprint density at radius 1 is 1.03 bits per heavy atom. The van der Waals surface area contributed by atoms with Crippen LogP contribution in [-0.4, -0.2) is 44.8 Å². The zero-order valence-electron chi connectivity index (χ0n) is 20.1. The van der Waals surface area contributed by atoms with Gasteiger partial charge in [-0.1, -0.05) is 63.9 Å². The fourth-order valence-electron chi connectivity index (χ4n) is 3.56. The normalized spacial score (nSPS) is 12.0. The summed E-state index contributed by atoms with van der Waals surface area (Å²) in [5.41, 5.74) is 1.81. The van der Waals surface area contributed by atoms with E-state index in [1.165, 1.54) is 30.1 Å². The molecule has 7 nitrogen and oxygen atoms in total. The number of anilines is 1. The molecule has 36 heavy (non-hydrogen) atoms. The highest BCUT2D eigenvalue weighted by molar-refractivity contribution is 9.10. The molecule has 0 unspecified atom stereocenters. The number of hydrogen-bond acceptors (Lipinski definition) is 4. The van der Waals surface area contributed by atoms with E-state index in [4.69, 9.17) is 11.6 Å². The van der Waals surface area contributed by atoms with E-state index in [1.807, 2.05) is 24.3 Å². The van der Waals surface area contributed by atoms with E-state index in [0.717, 1.165) is 19.9 Å². The van der Waals surface area contributed by atoms with E-state index in [2.05, 4.69) is 21.2 Å². The molecule has 0 radical (unpaired) electrons. The SMILES string of the molecule is CNC(=O)[C@@H](C)N(Cc1ccc(Br)cc1)C(=O)CN(c1ccc(C)c(Cl)c1)S(=O)(=O)c1ccccc1. The predicted molar refractivity (Wildman–Crippen MR) is 145 cm³/mol. The van der Waals surface area contributed by atoms with E-state index in [-0.39, 0.29) is 23.0 Å². The highest BCUT2D eigenvalue weighted by atomic mass is 79.9. The molecule has 10 heteroatoms. The monoisotopic (exact) mass is 591 g/mol. The number of carbonyl (C=O) groups excluding carboxylic acids is 2. The van der Waals surface area contributed by atoms with Gasteiger partial charge in [-0.15, -0.1) is 0 Å². The highest BCUT2D eigenvalue weighted by Gasteiger charge is 2.32. The molecule has 0 saturated carbocycles. The lowest BCUT2D eigenvalue weighted by molar-refractivity contribution is -0.139. The molecular formula is C26H27BrClN3O4S. The Morgan fingerprint density at radius 3 is 2.25 bits per heavy atom. The number of halogens is 2. The van der Waals surface area contributed by atoms with Crippen molar-refractivity contribution in [1.29, 1.82) is 0 Å². The third-order valence-corrected chi connectivity index (χ3v) is 8.46. The average molecular weight is 593 g/mol. The van der Waals surface area contributed by atoms with E-state index >= 15 is 0 Å². The van der Waals surface area contributed by atoms with Crippen molar-refractivity contribution >= 4 is 55.1 Å². The lowest BCUT2D eigenvalue weighted by Crippen LogP contribution is -2.50. The van der Waals surface area contributed by atoms with Crippen LogP contribution >= 0.6 is 27.5 Å². The lowest BCUT2D eigenvalue weighted by atomic mass is 10.1. The van der Waals surface area contributed by atoms with Crippen LogP contribution in [0.25, 0.3) is 0 Å². The standard InChI is InChI=1S/C26H27BrClN3O4S/c1-18-9-14-22(15-24(18)28)31(36(34,35)23-7-5-4-6-8-23)17-25(32)30(19(2)26(33)29-3)16-20-10-12-21(27)13-11-20/h4-15,19H,16-17H2,1-3H3,(H,29,33)/t19-/m1/s1. The number of amides is 2. The molecule has 0 aromatic heterocycles. The van der Waals surface area contributed by atoms with Crippen LogP contribution in [0.2, 0.25) is 5.02 Å². The van der Waals surface area contributed by atoms with Crippen molar-refractivity contribution in [2.75, 3.05) is 17.9 Å². The number of nitrogens with one attached hydrogen (secondary N) is 1. The number of aryl methyl sites for hydroxylation is 1. The highest BCUT2D eigenvalue weighted by Crippen LogP contribution is 2.28. The lowest BCUT2D eigenvalue weighted by Gasteiger charge is -2.32. The Kier molecular flexibility index (Phi) is 9.16. The minimum absolute atomic E-state index is 0.0355. The van der Waals surface area contributed by atoms with Gasteiger partial charge in [-0.05, 0) is 61.4 Å². The fourth-order valence-corrected chi connectivity index (χ4v) is 5.43. The third-order valence-electron chi connectivity index (χ3n) is 5.73. The maximum atomic E-state index is 13.7. The molecule has 0 spiro atoms. The van der Waals surface area contributed by atoms with Gasteiger partial charge in [0.25, 0.3) is 10.0 Å². The van der Waals surface area contributed by atoms with Crippen molar-refractivity contribution in [1.82, 2.24) is 10.2 Å². The van der Waals surface area contributed by atoms with Crippen LogP contribution in [-0.2, 0) is 26.2 Å². The maximum absolute atomic E-state index is 13.7. The Bertz CT molecular complexity index is 1340. The third kappa shape index (κ3) is 6.46. The molecule has 0 bridgehead atoms. The van der Waals surface area contributed by atoms with E-state index in [1.54, 1.807) is 44.2 Å². The Labute approximate surface area is 225 Å². The largest absolute Gasteiger partial charge is 0.357 e. The van der Waals surface area contributed by atoms with Gasteiger partial charge in [0, 0.05) is 23.1 Å². The Morgan fingerprint density at radius 2 is 1.67 bits per heavy atom. The summed E-state index contributed by atoms with van der Waals surface area (Å²) in [5.74, 6) is -0.901. The Hall–Kier alpha value is -2.88. The number of hydrogen-bond donors (Lipinski definition) is 1. The van der Waals surface area contributed by atoms with Crippen LogP contribution in [0.4, 0.5) is 5.69 Å². The second-order valence-corrected chi connectivity index (χ2v) is 11.4. The minimum Gasteiger partial charge on any atom is -0.357 e. The van der Waals surface area contributed by atoms with Gasteiger partial charge < -0.3 is 10.2 Å². The van der Waals surface area contributed by atoms with Crippen molar-refractivity contribution in [2.45, 2.75) is 31.3 Å². The first-order chi connectivity index (χ1) is 17.0. The van der Waals surface area contributed by atoms with Crippen molar-refractivity contribution < 1.29 is 18.0 Å². The van der Waals surface area contributed by atoms with E-state index in [9.17, 15) is 18.0 Å². The Balaban J connectivity index is 2.04. The van der Waals surface area contributed by atoms with Gasteiger partial charge in [0.05, 0.1) is 10.6 Å². The van der Waals surface area contributed by atoms with Gasteiger partial charge in [0.15, 0.2) is 0 Å². The molecule has 190 valence electrons. The summed E-state index contributed by atoms with van der Waals surface area (Å²) in [4.78, 5) is 27.6. The molecule has 0 aliphatic carbocycles. The first kappa shape index (κ1) is 27.7. The summed E-state index contributed by atoms with van der Waals surface area (Å²) in [6.07, 6.45) is 0. The van der Waals surface area contributed by atoms with Gasteiger partial charge >= 0.3 is 0 Å². The minimum atomic E-state index is -4.12. The van der Waals surface area contributed by atoms with E-state index < -0.39 is 28.5 Å². The fraction of sp³-hybridized carbons (Fsp3) is 0.231. The van der Waals surface area contributed by atoms with Crippen molar-refractivity contribution in [2.24, 2.45) is 0 Å². The maximum Gasteiger partial charge on any atom is 0.264 e. The molecule has 0 fully saturated rings. The molecule has 1 N–H and O–H groups in total. The van der Waals surface area contributed by atoms with Gasteiger partial charge in [-0.25, -0.2) is 8.42 Å². The van der Waals surface area contributed by atoms with Crippen molar-refractivity contribution in [3.8, 4) is 0 Å². The second kappa shape index (κ2) is 11.9. The number of carbonyl (C=O) groups is 2. The van der Waals surface area contributed by atoms with Crippen LogP contribution in [0.15, 0.2) is 82.2 Å². The molecule has 3 aromatic carbocycles. The van der Waals surface area contributed by atoms with Gasteiger partial charge in [0.2, 0.25) is 11.8 Å². The molecule has 0 saturated heterocycles. The number of benzene rings is 3. The summed E-state index contributed by atoms with van der Waals surface area (Å²) >= 11 is 9.70. The molecule has 3 rings (SSSR count). The van der Waals surface area contributed by atoms with Crippen LogP contribution in [0.1, 0.15) is 18.1 Å². The quantitative estimate of drug-likeness (QED) is 0.388. The average Bonchev–Trinajstić information content (AvgIpc) is 2.88. The molecule has 0 heterocycles. The topological polar surface area (TPSA) is 86.8 Å². The van der Waals surface area contributed by atoms with Gasteiger partial charge in [0.1, 0.15) is 12.6 Å². The number of likely N-dealkylation sites (N-methyl/N-ethyl adjacent to an activating group) is 1. The molecule has 3 aromatic rings. The summed E-state index contributed by atoms with van der Waals surface area (Å²) in [7, 11) is -2.63. The number of sulfonamides is 1. The van der Waals surface area contributed by atoms with Crippen LogP contribution in [0, 0.1) is 6.92 Å². The summed E-state index contributed by atoms with van der Waals surface area (Å²) in [6.45, 7) is 3.01. The van der Waals surface area contributed by atoms with E-state index in [0.29, 0.717) is 5.02 Å². The first-order valence-corrected chi connectivity index (χ1v) is 13.7. The van der Waals surface area contributed by atoms with Gasteiger partial charge in [-0.3, -0.25) is 13.9 Å². The van der Waals surface area contributed by atoms with Crippen molar-refractivity contribution in [3.63, 3.8) is 0 Å². The summed E-state index contributed by atoms with van der Waals surface area (Å²) in [6, 6.07) is 19.2. The van der Waals surface area contributed by atoms with Crippen LogP contribution in [0.5, 0.6) is 0 Å². The summed E-state index contributed by atoms with van der Waals surface area (Å²) in [5, 5.41) is 2.93. The zero-order valence-corrected chi connectivity index (χ0v) is 23.3. The second-order valence-electron chi connectivity index (χ2n) is 8.20. The molecule has 0 aliphatic heterocycles. The number of rotatable bonds is 9. The number of nitrogens with zero attached hydrogens (tertiary/aromatic N) is 2. The molecular weight excluding hydrogens is 566 g/mol. The molecule has 1 atom stereocenters. The smallest absolute Gasteiger partial charge is 0.264 e. The van der Waals surface area contributed by atoms with Crippen LogP contribution in [0.3, 0.4) is 0 Å². The summed E-state index contributed by atoms with van der Waals surface area (Å²) < 4.78 is 29.2. The molecule has 2 amide bonds. The van der Waals surface area contributed by atoms with Gasteiger partial charge in [-0.2, -0.15) is 0 Å². The predicted octanol–water partition coefficient (Wildman–Crippen LogP) is 4.77. The molecule has 0 aliphatic rings. The van der Waals surface area contributed by atoms with Crippen LogP contribution < -0.4 is 9.62 Å². The zero-order chi connectivity index (χ0) is 26.5. The van der Waals surface area contributed by atoms with Crippen molar-refractivity contribution in [3.05, 3.63) is 93.4 Å².